The van der Waals surface area contributed by atoms with Gasteiger partial charge in [0.2, 0.25) is 11.2 Å². The molecule has 0 saturated heterocycles. The Balaban J connectivity index is 2.19. The number of hydrogen-bond acceptors (Lipinski definition) is 0. The van der Waals surface area contributed by atoms with Crippen LogP contribution in [0.2, 0.25) is 0 Å². The van der Waals surface area contributed by atoms with Crippen LogP contribution in [0.4, 0.5) is 0 Å². The van der Waals surface area contributed by atoms with Crippen LogP contribution in [0, 0.1) is 19.8 Å². The molecule has 0 N–H and O–H groups in total. The van der Waals surface area contributed by atoms with Gasteiger partial charge in [0.05, 0.1) is 0 Å². The second-order valence-electron chi connectivity index (χ2n) is 7.10. The second kappa shape index (κ2) is 6.16. The maximum Gasteiger partial charge on any atom is 0.213 e. The highest BCUT2D eigenvalue weighted by atomic mass is 14.9. The lowest BCUT2D eigenvalue weighted by Crippen LogP contribution is -2.32. The van der Waals surface area contributed by atoms with Gasteiger partial charge in [0, 0.05) is 23.1 Å². The fourth-order valence-electron chi connectivity index (χ4n) is 3.52. The number of rotatable bonds is 3. The standard InChI is InChI=1S/C22H26N/c1-15(2)11-18-7-6-8-22-20(18)9-10-21(23(22)5)19-13-16(3)12-17(4)14-19/h6-10,12-15H,11H2,1-5H3/q+1. The summed E-state index contributed by atoms with van der Waals surface area (Å²) < 4.78 is 2.33. The highest BCUT2D eigenvalue weighted by Gasteiger charge is 2.16. The molecule has 0 amide bonds. The van der Waals surface area contributed by atoms with E-state index in [1.807, 2.05) is 0 Å². The Morgan fingerprint density at radius 1 is 0.913 bits per heavy atom. The molecule has 3 rings (SSSR count). The molecule has 0 aliphatic rings. The summed E-state index contributed by atoms with van der Waals surface area (Å²) in [6.07, 6.45) is 1.13. The second-order valence-corrected chi connectivity index (χ2v) is 7.10. The van der Waals surface area contributed by atoms with E-state index in [9.17, 15) is 0 Å². The van der Waals surface area contributed by atoms with Gasteiger partial charge in [-0.2, -0.15) is 4.57 Å². The minimum absolute atomic E-state index is 0.671. The van der Waals surface area contributed by atoms with Crippen molar-refractivity contribution in [3.05, 3.63) is 65.2 Å². The van der Waals surface area contributed by atoms with Crippen LogP contribution in [0.1, 0.15) is 30.5 Å². The Kier molecular flexibility index (Phi) is 4.21. The molecule has 0 aliphatic heterocycles. The quantitative estimate of drug-likeness (QED) is 0.589. The van der Waals surface area contributed by atoms with Gasteiger partial charge in [0.25, 0.3) is 0 Å². The van der Waals surface area contributed by atoms with Crippen molar-refractivity contribution in [2.45, 2.75) is 34.1 Å². The average Bonchev–Trinajstić information content (AvgIpc) is 2.46. The predicted molar refractivity (Wildman–Crippen MR) is 98.6 cm³/mol. The number of nitrogens with zero attached hydrogens (tertiary/aromatic N) is 1. The summed E-state index contributed by atoms with van der Waals surface area (Å²) in [6, 6.07) is 18.0. The Bertz CT molecular complexity index is 839. The van der Waals surface area contributed by atoms with E-state index in [1.165, 1.54) is 38.9 Å². The summed E-state index contributed by atoms with van der Waals surface area (Å²) in [7, 11) is 2.18. The normalized spacial score (nSPS) is 11.4. The van der Waals surface area contributed by atoms with Crippen molar-refractivity contribution < 1.29 is 4.57 Å². The predicted octanol–water partition coefficient (Wildman–Crippen LogP) is 5.15. The summed E-state index contributed by atoms with van der Waals surface area (Å²) in [5.74, 6) is 0.671. The molecule has 1 heteroatoms. The number of fused-ring (bicyclic) bond motifs is 1. The zero-order valence-electron chi connectivity index (χ0n) is 14.9. The van der Waals surface area contributed by atoms with E-state index < -0.39 is 0 Å². The number of hydrogen-bond donors (Lipinski definition) is 0. The molecule has 0 atom stereocenters. The van der Waals surface area contributed by atoms with E-state index in [0.717, 1.165) is 6.42 Å². The Morgan fingerprint density at radius 3 is 2.26 bits per heavy atom. The molecule has 0 radical (unpaired) electrons. The van der Waals surface area contributed by atoms with Crippen molar-refractivity contribution in [3.63, 3.8) is 0 Å². The van der Waals surface area contributed by atoms with E-state index >= 15 is 0 Å². The van der Waals surface area contributed by atoms with E-state index in [4.69, 9.17) is 0 Å². The van der Waals surface area contributed by atoms with Gasteiger partial charge in [-0.15, -0.1) is 0 Å². The van der Waals surface area contributed by atoms with Crippen LogP contribution in [0.25, 0.3) is 22.2 Å². The van der Waals surface area contributed by atoms with Crippen LogP contribution in [0.15, 0.2) is 48.5 Å². The summed E-state index contributed by atoms with van der Waals surface area (Å²) in [5, 5.41) is 1.37. The molecule has 0 aliphatic carbocycles. The molecule has 0 saturated carbocycles. The zero-order valence-corrected chi connectivity index (χ0v) is 14.9. The minimum atomic E-state index is 0.671. The Hall–Kier alpha value is -2.15. The lowest BCUT2D eigenvalue weighted by Gasteiger charge is -2.10. The third-order valence-electron chi connectivity index (χ3n) is 4.45. The average molecular weight is 304 g/mol. The maximum atomic E-state index is 2.33. The summed E-state index contributed by atoms with van der Waals surface area (Å²) in [4.78, 5) is 0. The fourth-order valence-corrected chi connectivity index (χ4v) is 3.52. The molecule has 2 aromatic carbocycles. The Morgan fingerprint density at radius 2 is 1.61 bits per heavy atom. The van der Waals surface area contributed by atoms with Crippen molar-refractivity contribution in [3.8, 4) is 11.3 Å². The summed E-state index contributed by atoms with van der Waals surface area (Å²) in [5.41, 5.74) is 7.94. The van der Waals surface area contributed by atoms with Crippen molar-refractivity contribution in [2.75, 3.05) is 0 Å². The van der Waals surface area contributed by atoms with Gasteiger partial charge in [0.1, 0.15) is 7.05 Å². The molecular weight excluding hydrogens is 278 g/mol. The zero-order chi connectivity index (χ0) is 16.6. The highest BCUT2D eigenvalue weighted by molar-refractivity contribution is 5.81. The molecule has 0 fully saturated rings. The minimum Gasteiger partial charge on any atom is -0.194 e. The summed E-state index contributed by atoms with van der Waals surface area (Å²) >= 11 is 0. The Labute approximate surface area is 139 Å². The highest BCUT2D eigenvalue weighted by Crippen LogP contribution is 2.24. The van der Waals surface area contributed by atoms with Gasteiger partial charge < -0.3 is 0 Å². The van der Waals surface area contributed by atoms with Gasteiger partial charge >= 0.3 is 0 Å². The van der Waals surface area contributed by atoms with E-state index in [0.29, 0.717) is 5.92 Å². The summed E-state index contributed by atoms with van der Waals surface area (Å²) in [6.45, 7) is 8.89. The molecule has 1 aromatic heterocycles. The molecule has 3 aromatic rings. The fraction of sp³-hybridized carbons (Fsp3) is 0.318. The van der Waals surface area contributed by atoms with Crippen LogP contribution in [0.3, 0.4) is 0 Å². The largest absolute Gasteiger partial charge is 0.213 e. The first-order chi connectivity index (χ1) is 11.0. The van der Waals surface area contributed by atoms with Crippen LogP contribution >= 0.6 is 0 Å². The van der Waals surface area contributed by atoms with Gasteiger partial charge in [-0.05, 0) is 49.9 Å². The third kappa shape index (κ3) is 3.14. The molecule has 1 nitrogen and oxygen atoms in total. The van der Waals surface area contributed by atoms with Gasteiger partial charge in [-0.3, -0.25) is 0 Å². The van der Waals surface area contributed by atoms with E-state index in [2.05, 4.69) is 87.8 Å². The van der Waals surface area contributed by atoms with Gasteiger partial charge in [-0.25, -0.2) is 0 Å². The van der Waals surface area contributed by atoms with E-state index in [1.54, 1.807) is 0 Å². The molecule has 0 bridgehead atoms. The van der Waals surface area contributed by atoms with Crippen molar-refractivity contribution in [1.82, 2.24) is 0 Å². The number of aryl methyl sites for hydroxylation is 3. The monoisotopic (exact) mass is 304 g/mol. The first-order valence-electron chi connectivity index (χ1n) is 8.45. The maximum absolute atomic E-state index is 2.33. The van der Waals surface area contributed by atoms with Crippen molar-refractivity contribution in [1.29, 1.82) is 0 Å². The van der Waals surface area contributed by atoms with Crippen LogP contribution in [0.5, 0.6) is 0 Å². The molecule has 1 heterocycles. The SMILES string of the molecule is Cc1cc(C)cc(-c2ccc3c(CC(C)C)cccc3[n+]2C)c1. The number of pyridine rings is 1. The van der Waals surface area contributed by atoms with Gasteiger partial charge in [-0.1, -0.05) is 43.2 Å². The lowest BCUT2D eigenvalue weighted by molar-refractivity contribution is -0.633. The third-order valence-corrected chi connectivity index (χ3v) is 4.45. The first-order valence-corrected chi connectivity index (χ1v) is 8.45. The van der Waals surface area contributed by atoms with Crippen LogP contribution in [-0.4, -0.2) is 0 Å². The lowest BCUT2D eigenvalue weighted by atomic mass is 9.97. The number of benzene rings is 2. The first kappa shape index (κ1) is 15.7. The molecular formula is C22H26N+. The molecule has 0 unspecified atom stereocenters. The number of aromatic nitrogens is 1. The topological polar surface area (TPSA) is 3.88 Å². The van der Waals surface area contributed by atoms with Crippen LogP contribution < -0.4 is 4.57 Å². The van der Waals surface area contributed by atoms with Crippen LogP contribution in [-0.2, 0) is 13.5 Å². The van der Waals surface area contributed by atoms with Crippen molar-refractivity contribution in [2.24, 2.45) is 13.0 Å². The molecule has 0 spiro atoms. The van der Waals surface area contributed by atoms with E-state index in [-0.39, 0.29) is 0 Å². The smallest absolute Gasteiger partial charge is 0.194 e. The molecule has 23 heavy (non-hydrogen) atoms. The molecule has 118 valence electrons. The van der Waals surface area contributed by atoms with Gasteiger partial charge in [0.15, 0.2) is 0 Å². The van der Waals surface area contributed by atoms with Crippen molar-refractivity contribution >= 4 is 10.9 Å².